The Labute approximate surface area is 86.3 Å². The van der Waals surface area contributed by atoms with Gasteiger partial charge in [0.15, 0.2) is 0 Å². The average molecular weight is 192 g/mol. The number of carbonyl (C=O) groups excluding carboxylic acids is 1. The maximum atomic E-state index is 11.5. The lowest BCUT2D eigenvalue weighted by atomic mass is 9.71. The van der Waals surface area contributed by atoms with Crippen molar-refractivity contribution in [3.8, 4) is 0 Å². The van der Waals surface area contributed by atoms with Crippen LogP contribution in [-0.4, -0.2) is 5.78 Å². The van der Waals surface area contributed by atoms with Crippen molar-refractivity contribution in [1.29, 1.82) is 0 Å². The highest BCUT2D eigenvalue weighted by atomic mass is 16.1. The van der Waals surface area contributed by atoms with Gasteiger partial charge in [-0.2, -0.15) is 0 Å². The van der Waals surface area contributed by atoms with E-state index in [2.05, 4.69) is 0 Å². The maximum Gasteiger partial charge on any atom is 0.133 e. The van der Waals surface area contributed by atoms with Crippen molar-refractivity contribution < 1.29 is 4.79 Å². The lowest BCUT2D eigenvalue weighted by Crippen LogP contribution is -2.26. The zero-order valence-corrected chi connectivity index (χ0v) is 8.93. The SMILES string of the molecule is O=C1CCCC2(C1)C[C@@H]1CCC[C@H]1C2. The van der Waals surface area contributed by atoms with Crippen molar-refractivity contribution >= 4 is 5.78 Å². The van der Waals surface area contributed by atoms with E-state index in [1.165, 1.54) is 44.9 Å². The summed E-state index contributed by atoms with van der Waals surface area (Å²) < 4.78 is 0. The highest BCUT2D eigenvalue weighted by Gasteiger charge is 2.48. The summed E-state index contributed by atoms with van der Waals surface area (Å²) in [6.07, 6.45) is 11.5. The molecule has 0 N–H and O–H groups in total. The van der Waals surface area contributed by atoms with Gasteiger partial charge in [0.25, 0.3) is 0 Å². The minimum Gasteiger partial charge on any atom is -0.300 e. The van der Waals surface area contributed by atoms with Crippen LogP contribution in [0.5, 0.6) is 0 Å². The third kappa shape index (κ3) is 1.32. The molecule has 3 saturated carbocycles. The molecule has 0 saturated heterocycles. The fourth-order valence-corrected chi connectivity index (χ4v) is 4.45. The van der Waals surface area contributed by atoms with E-state index < -0.39 is 0 Å². The summed E-state index contributed by atoms with van der Waals surface area (Å²) in [7, 11) is 0. The smallest absolute Gasteiger partial charge is 0.133 e. The Morgan fingerprint density at radius 1 is 1.07 bits per heavy atom. The molecule has 2 atom stereocenters. The van der Waals surface area contributed by atoms with E-state index in [1.54, 1.807) is 0 Å². The minimum absolute atomic E-state index is 0.491. The van der Waals surface area contributed by atoms with Gasteiger partial charge in [0, 0.05) is 12.8 Å². The summed E-state index contributed by atoms with van der Waals surface area (Å²) in [5.74, 6) is 2.55. The van der Waals surface area contributed by atoms with Gasteiger partial charge < -0.3 is 0 Å². The van der Waals surface area contributed by atoms with Crippen molar-refractivity contribution in [1.82, 2.24) is 0 Å². The summed E-state index contributed by atoms with van der Waals surface area (Å²) in [4.78, 5) is 11.5. The van der Waals surface area contributed by atoms with Crippen LogP contribution in [0.4, 0.5) is 0 Å². The molecule has 0 aromatic carbocycles. The largest absolute Gasteiger partial charge is 0.300 e. The second-order valence-electron chi connectivity index (χ2n) is 5.93. The number of ketones is 1. The first-order valence-corrected chi connectivity index (χ1v) is 6.29. The van der Waals surface area contributed by atoms with Crippen LogP contribution in [0.1, 0.15) is 57.8 Å². The highest BCUT2D eigenvalue weighted by molar-refractivity contribution is 5.79. The molecular formula is C13H20O. The van der Waals surface area contributed by atoms with Crippen LogP contribution >= 0.6 is 0 Å². The predicted octanol–water partition coefficient (Wildman–Crippen LogP) is 3.33. The molecular weight excluding hydrogens is 172 g/mol. The lowest BCUT2D eigenvalue weighted by Gasteiger charge is -2.33. The third-order valence-corrected chi connectivity index (χ3v) is 4.94. The van der Waals surface area contributed by atoms with E-state index in [4.69, 9.17) is 0 Å². The molecule has 14 heavy (non-hydrogen) atoms. The Balaban J connectivity index is 1.76. The number of hydrogen-bond donors (Lipinski definition) is 0. The Morgan fingerprint density at radius 3 is 2.43 bits per heavy atom. The molecule has 3 rings (SSSR count). The highest BCUT2D eigenvalue weighted by Crippen LogP contribution is 2.57. The van der Waals surface area contributed by atoms with Crippen molar-refractivity contribution in [2.75, 3.05) is 0 Å². The van der Waals surface area contributed by atoms with Crippen molar-refractivity contribution in [2.24, 2.45) is 17.3 Å². The van der Waals surface area contributed by atoms with Crippen LogP contribution in [-0.2, 0) is 4.79 Å². The molecule has 1 heteroatoms. The molecule has 0 unspecified atom stereocenters. The Kier molecular flexibility index (Phi) is 1.97. The maximum absolute atomic E-state index is 11.5. The molecule has 0 bridgehead atoms. The molecule has 1 nitrogen and oxygen atoms in total. The predicted molar refractivity (Wildman–Crippen MR) is 56.0 cm³/mol. The summed E-state index contributed by atoms with van der Waals surface area (Å²) >= 11 is 0. The molecule has 0 aromatic heterocycles. The standard InChI is InChI=1S/C13H20O/c14-12-5-2-6-13(9-12)7-10-3-1-4-11(10)8-13/h10-11H,1-9H2/t10-,11-/m0/s1. The van der Waals surface area contributed by atoms with Gasteiger partial charge in [-0.15, -0.1) is 0 Å². The molecule has 78 valence electrons. The third-order valence-electron chi connectivity index (χ3n) is 4.94. The zero-order chi connectivity index (χ0) is 9.60. The number of fused-ring (bicyclic) bond motifs is 1. The van der Waals surface area contributed by atoms with Gasteiger partial charge in [-0.3, -0.25) is 4.79 Å². The van der Waals surface area contributed by atoms with Crippen LogP contribution < -0.4 is 0 Å². The monoisotopic (exact) mass is 192 g/mol. The summed E-state index contributed by atoms with van der Waals surface area (Å²) in [6, 6.07) is 0. The first-order chi connectivity index (χ1) is 6.77. The average Bonchev–Trinajstić information content (AvgIpc) is 2.62. The Morgan fingerprint density at radius 2 is 1.79 bits per heavy atom. The van der Waals surface area contributed by atoms with Gasteiger partial charge in [0.05, 0.1) is 0 Å². The molecule has 3 aliphatic rings. The topological polar surface area (TPSA) is 17.1 Å². The fourth-order valence-electron chi connectivity index (χ4n) is 4.45. The fraction of sp³-hybridized carbons (Fsp3) is 0.923. The van der Waals surface area contributed by atoms with Gasteiger partial charge in [0.2, 0.25) is 0 Å². The first-order valence-electron chi connectivity index (χ1n) is 6.29. The number of rotatable bonds is 0. The van der Waals surface area contributed by atoms with E-state index in [-0.39, 0.29) is 0 Å². The lowest BCUT2D eigenvalue weighted by molar-refractivity contribution is -0.123. The number of hydrogen-bond acceptors (Lipinski definition) is 1. The van der Waals surface area contributed by atoms with Crippen molar-refractivity contribution in [3.63, 3.8) is 0 Å². The van der Waals surface area contributed by atoms with E-state index in [1.807, 2.05) is 0 Å². The molecule has 1 spiro atoms. The summed E-state index contributed by atoms with van der Waals surface area (Å²) in [5, 5.41) is 0. The van der Waals surface area contributed by atoms with E-state index in [9.17, 15) is 4.79 Å². The van der Waals surface area contributed by atoms with Crippen LogP contribution in [0.15, 0.2) is 0 Å². The Bertz CT molecular complexity index is 244. The molecule has 0 aromatic rings. The molecule has 0 amide bonds. The van der Waals surface area contributed by atoms with Crippen LogP contribution in [0.3, 0.4) is 0 Å². The Hall–Kier alpha value is -0.330. The first kappa shape index (κ1) is 8.94. The van der Waals surface area contributed by atoms with Gasteiger partial charge >= 0.3 is 0 Å². The zero-order valence-electron chi connectivity index (χ0n) is 8.93. The van der Waals surface area contributed by atoms with E-state index in [0.717, 1.165) is 24.7 Å². The van der Waals surface area contributed by atoms with E-state index in [0.29, 0.717) is 11.2 Å². The molecule has 0 aliphatic heterocycles. The number of Topliss-reactive ketones (excluding diaryl/α,β-unsaturated/α-hetero) is 1. The quantitative estimate of drug-likeness (QED) is 0.575. The summed E-state index contributed by atoms with van der Waals surface area (Å²) in [5.41, 5.74) is 0.491. The molecule has 0 radical (unpaired) electrons. The number of carbonyl (C=O) groups is 1. The van der Waals surface area contributed by atoms with Crippen LogP contribution in [0.2, 0.25) is 0 Å². The van der Waals surface area contributed by atoms with Gasteiger partial charge in [0.1, 0.15) is 5.78 Å². The van der Waals surface area contributed by atoms with Gasteiger partial charge in [-0.25, -0.2) is 0 Å². The van der Waals surface area contributed by atoms with Crippen molar-refractivity contribution in [3.05, 3.63) is 0 Å². The molecule has 3 aliphatic carbocycles. The van der Waals surface area contributed by atoms with Gasteiger partial charge in [-0.1, -0.05) is 19.3 Å². The minimum atomic E-state index is 0.491. The summed E-state index contributed by atoms with van der Waals surface area (Å²) in [6.45, 7) is 0. The van der Waals surface area contributed by atoms with Crippen molar-refractivity contribution in [2.45, 2.75) is 57.8 Å². The second kappa shape index (κ2) is 3.08. The van der Waals surface area contributed by atoms with Crippen LogP contribution in [0, 0.1) is 17.3 Å². The second-order valence-corrected chi connectivity index (χ2v) is 5.93. The molecule has 0 heterocycles. The van der Waals surface area contributed by atoms with Crippen LogP contribution in [0.25, 0.3) is 0 Å². The molecule has 3 fully saturated rings. The van der Waals surface area contributed by atoms with Gasteiger partial charge in [-0.05, 0) is 42.9 Å². The normalized spacial score (nSPS) is 40.4. The van der Waals surface area contributed by atoms with E-state index >= 15 is 0 Å².